The fraction of sp³-hybridized carbons (Fsp3) is 0.114. The van der Waals surface area contributed by atoms with Crippen LogP contribution in [0.1, 0.15) is 35.2 Å². The van der Waals surface area contributed by atoms with Crippen LogP contribution in [0.3, 0.4) is 0 Å². The Morgan fingerprint density at radius 2 is 1.69 bits per heavy atom. The lowest BCUT2D eigenvalue weighted by Gasteiger charge is -2.25. The van der Waals surface area contributed by atoms with Crippen LogP contribution >= 0.6 is 68.1 Å². The number of fused-ring (bicyclic) bond motifs is 1. The van der Waals surface area contributed by atoms with E-state index in [1.54, 1.807) is 11.5 Å². The van der Waals surface area contributed by atoms with Crippen molar-refractivity contribution in [3.8, 4) is 5.75 Å². The summed E-state index contributed by atoms with van der Waals surface area (Å²) in [5, 5.41) is 0.661. The van der Waals surface area contributed by atoms with E-state index in [4.69, 9.17) is 26.1 Å². The van der Waals surface area contributed by atoms with E-state index in [0.29, 0.717) is 38.0 Å². The summed E-state index contributed by atoms with van der Waals surface area (Å²) in [6, 6.07) is 29.9. The van der Waals surface area contributed by atoms with E-state index in [-0.39, 0.29) is 12.2 Å². The van der Waals surface area contributed by atoms with Crippen LogP contribution in [0.5, 0.6) is 5.75 Å². The number of thiazole rings is 1. The zero-order valence-corrected chi connectivity index (χ0v) is 29.8. The van der Waals surface area contributed by atoms with Gasteiger partial charge < -0.3 is 9.47 Å². The molecule has 6 nitrogen and oxygen atoms in total. The number of carbonyl (C=O) groups excluding carboxylic acids is 1. The van der Waals surface area contributed by atoms with Crippen molar-refractivity contribution in [3.05, 3.63) is 157 Å². The van der Waals surface area contributed by atoms with Crippen LogP contribution in [0, 0.1) is 7.14 Å². The van der Waals surface area contributed by atoms with Gasteiger partial charge in [0.05, 0.1) is 32.0 Å². The third kappa shape index (κ3) is 6.81. The van der Waals surface area contributed by atoms with Crippen molar-refractivity contribution in [2.45, 2.75) is 19.6 Å². The number of rotatable bonds is 8. The summed E-state index contributed by atoms with van der Waals surface area (Å²) in [6.45, 7) is 2.30. The molecule has 0 saturated heterocycles. The van der Waals surface area contributed by atoms with Gasteiger partial charge in [0.2, 0.25) is 0 Å². The van der Waals surface area contributed by atoms with Gasteiger partial charge >= 0.3 is 5.97 Å². The number of esters is 1. The van der Waals surface area contributed by atoms with E-state index >= 15 is 0 Å². The molecule has 0 radical (unpaired) electrons. The molecule has 10 heteroatoms. The van der Waals surface area contributed by atoms with Gasteiger partial charge in [-0.15, -0.1) is 0 Å². The Bertz CT molecular complexity index is 2090. The van der Waals surface area contributed by atoms with Gasteiger partial charge in [0.15, 0.2) is 4.80 Å². The monoisotopic (exact) mass is 858 g/mol. The highest BCUT2D eigenvalue weighted by Gasteiger charge is 2.35. The first-order valence-electron chi connectivity index (χ1n) is 14.0. The Morgan fingerprint density at radius 3 is 2.38 bits per heavy atom. The normalized spacial score (nSPS) is 14.6. The molecule has 0 unspecified atom stereocenters. The molecule has 2 heterocycles. The maximum atomic E-state index is 14.3. The number of nitrogens with zero attached hydrogens (tertiary/aromatic N) is 2. The Kier molecular flexibility index (Phi) is 9.88. The standard InChI is InChI=1S/C35H25ClI2N2O4S/c1-2-43-34(42)29-30(22-9-5-3-6-10-22)39-35-40(31(29)23-11-7-4-8-12-23)33(41)28(45-35)18-24-17-26(37)19-27(38)32(24)44-20-21-13-15-25(36)16-14-21/h3-19,31H,2,20H2,1H3/b28-18-/t31-/m0/s1. The smallest absolute Gasteiger partial charge is 0.338 e. The third-order valence-electron chi connectivity index (χ3n) is 7.11. The Labute approximate surface area is 296 Å². The molecule has 4 aromatic carbocycles. The Balaban J connectivity index is 1.54. The highest BCUT2D eigenvalue weighted by molar-refractivity contribution is 14.1. The van der Waals surface area contributed by atoms with Gasteiger partial charge in [0.25, 0.3) is 5.56 Å². The van der Waals surface area contributed by atoms with Crippen LogP contribution < -0.4 is 19.6 Å². The zero-order chi connectivity index (χ0) is 31.5. The van der Waals surface area contributed by atoms with Gasteiger partial charge in [0, 0.05) is 19.7 Å². The van der Waals surface area contributed by atoms with E-state index in [0.717, 1.165) is 29.4 Å². The minimum absolute atomic E-state index is 0.195. The first kappa shape index (κ1) is 31.7. The number of halogens is 3. The molecule has 0 N–H and O–H groups in total. The Morgan fingerprint density at radius 1 is 1.00 bits per heavy atom. The van der Waals surface area contributed by atoms with Crippen molar-refractivity contribution in [2.24, 2.45) is 4.99 Å². The summed E-state index contributed by atoms with van der Waals surface area (Å²) >= 11 is 11.9. The number of ether oxygens (including phenoxy) is 2. The number of benzene rings is 4. The predicted molar refractivity (Wildman–Crippen MR) is 195 cm³/mol. The van der Waals surface area contributed by atoms with E-state index in [2.05, 4.69) is 45.2 Å². The second-order valence-electron chi connectivity index (χ2n) is 10.1. The summed E-state index contributed by atoms with van der Waals surface area (Å²) < 4.78 is 15.9. The molecule has 45 heavy (non-hydrogen) atoms. The van der Waals surface area contributed by atoms with Crippen molar-refractivity contribution >= 4 is 85.9 Å². The SMILES string of the molecule is CCOC(=O)C1=C(c2ccccc2)N=c2s/c(=C\c3cc(I)cc(I)c3OCc3ccc(Cl)cc3)c(=O)n2[C@H]1c1ccccc1. The molecule has 0 amide bonds. The highest BCUT2D eigenvalue weighted by atomic mass is 127. The summed E-state index contributed by atoms with van der Waals surface area (Å²) in [5.41, 5.74) is 3.86. The van der Waals surface area contributed by atoms with Gasteiger partial charge in [-0.3, -0.25) is 9.36 Å². The van der Waals surface area contributed by atoms with E-state index in [1.165, 1.54) is 11.3 Å². The molecule has 0 fully saturated rings. The Hall–Kier alpha value is -3.26. The lowest BCUT2D eigenvalue weighted by atomic mass is 9.93. The molecule has 1 aromatic heterocycles. The van der Waals surface area contributed by atoms with Gasteiger partial charge in [-0.25, -0.2) is 9.79 Å². The molecule has 6 rings (SSSR count). The molecule has 0 aliphatic carbocycles. The molecular formula is C35H25ClI2N2O4S. The number of hydrogen-bond acceptors (Lipinski definition) is 6. The molecule has 226 valence electrons. The van der Waals surface area contributed by atoms with Gasteiger partial charge in [-0.1, -0.05) is 95.7 Å². The average Bonchev–Trinajstić information content (AvgIpc) is 3.35. The number of carbonyl (C=O) groups is 1. The van der Waals surface area contributed by atoms with Crippen LogP contribution in [-0.2, 0) is 16.1 Å². The van der Waals surface area contributed by atoms with Crippen molar-refractivity contribution in [2.75, 3.05) is 6.61 Å². The van der Waals surface area contributed by atoms with Crippen molar-refractivity contribution in [1.82, 2.24) is 4.57 Å². The van der Waals surface area contributed by atoms with E-state index < -0.39 is 12.0 Å². The van der Waals surface area contributed by atoms with Crippen LogP contribution in [0.4, 0.5) is 0 Å². The summed E-state index contributed by atoms with van der Waals surface area (Å²) in [4.78, 5) is 33.4. The molecule has 1 aliphatic heterocycles. The maximum Gasteiger partial charge on any atom is 0.338 e. The number of aromatic nitrogens is 1. The van der Waals surface area contributed by atoms with Crippen LogP contribution in [0.15, 0.2) is 112 Å². The lowest BCUT2D eigenvalue weighted by molar-refractivity contribution is -0.138. The minimum Gasteiger partial charge on any atom is -0.487 e. The average molecular weight is 859 g/mol. The largest absolute Gasteiger partial charge is 0.487 e. The topological polar surface area (TPSA) is 69.9 Å². The molecule has 0 bridgehead atoms. The molecule has 1 atom stereocenters. The lowest BCUT2D eigenvalue weighted by Crippen LogP contribution is -2.40. The number of hydrogen-bond donors (Lipinski definition) is 0. The fourth-order valence-corrected chi connectivity index (χ4v) is 8.27. The van der Waals surface area contributed by atoms with Gasteiger partial charge in [-0.2, -0.15) is 0 Å². The van der Waals surface area contributed by atoms with Crippen molar-refractivity contribution in [1.29, 1.82) is 0 Å². The van der Waals surface area contributed by atoms with E-state index in [1.807, 2.05) is 103 Å². The second-order valence-corrected chi connectivity index (χ2v) is 13.9. The molecule has 0 saturated carbocycles. The molecular weight excluding hydrogens is 834 g/mol. The van der Waals surface area contributed by atoms with Gasteiger partial charge in [-0.05, 0) is 93.6 Å². The molecule has 1 aliphatic rings. The quantitative estimate of drug-likeness (QED) is 0.121. The maximum absolute atomic E-state index is 14.3. The zero-order valence-electron chi connectivity index (χ0n) is 23.9. The van der Waals surface area contributed by atoms with Crippen LogP contribution in [-0.4, -0.2) is 17.1 Å². The van der Waals surface area contributed by atoms with Gasteiger partial charge in [0.1, 0.15) is 12.4 Å². The summed E-state index contributed by atoms with van der Waals surface area (Å²) in [5.74, 6) is 0.168. The van der Waals surface area contributed by atoms with Crippen LogP contribution in [0.2, 0.25) is 5.02 Å². The second kappa shape index (κ2) is 14.0. The summed E-state index contributed by atoms with van der Waals surface area (Å²) in [7, 11) is 0. The predicted octanol–water partition coefficient (Wildman–Crippen LogP) is 7.38. The highest BCUT2D eigenvalue weighted by Crippen LogP contribution is 2.35. The molecule has 0 spiro atoms. The molecule has 5 aromatic rings. The van der Waals surface area contributed by atoms with Crippen molar-refractivity contribution in [3.63, 3.8) is 0 Å². The first-order valence-corrected chi connectivity index (χ1v) is 17.4. The van der Waals surface area contributed by atoms with Crippen molar-refractivity contribution < 1.29 is 14.3 Å². The summed E-state index contributed by atoms with van der Waals surface area (Å²) in [6.07, 6.45) is 1.85. The fourth-order valence-electron chi connectivity index (χ4n) is 5.11. The van der Waals surface area contributed by atoms with Crippen LogP contribution in [0.25, 0.3) is 11.8 Å². The third-order valence-corrected chi connectivity index (χ3v) is 9.77. The minimum atomic E-state index is -0.726. The van der Waals surface area contributed by atoms with E-state index in [9.17, 15) is 9.59 Å². The first-order chi connectivity index (χ1) is 21.8.